The fraction of sp³-hybridized carbons (Fsp3) is 0.174. The third kappa shape index (κ3) is 5.42. The molecule has 0 saturated heterocycles. The molecule has 0 saturated carbocycles. The molecular formula is C23H23N3O3. The molecule has 148 valence electrons. The lowest BCUT2D eigenvalue weighted by molar-refractivity contribution is 0.0945. The van der Waals surface area contributed by atoms with E-state index in [1.54, 1.807) is 25.3 Å². The summed E-state index contributed by atoms with van der Waals surface area (Å²) < 4.78 is 5.12. The Morgan fingerprint density at radius 2 is 1.48 bits per heavy atom. The lowest BCUT2D eigenvalue weighted by Crippen LogP contribution is -2.25. The molecular weight excluding hydrogens is 366 g/mol. The highest BCUT2D eigenvalue weighted by atomic mass is 16.5. The fourth-order valence-electron chi connectivity index (χ4n) is 2.72. The van der Waals surface area contributed by atoms with Gasteiger partial charge in [-0.25, -0.2) is 4.98 Å². The molecule has 6 nitrogen and oxygen atoms in total. The lowest BCUT2D eigenvalue weighted by atomic mass is 10.1. The average Bonchev–Trinajstić information content (AvgIpc) is 2.78. The maximum Gasteiger partial charge on any atom is 0.274 e. The number of pyridine rings is 1. The molecule has 6 heteroatoms. The number of methoxy groups -OCH3 is 1. The predicted molar refractivity (Wildman–Crippen MR) is 112 cm³/mol. The van der Waals surface area contributed by atoms with Crippen LogP contribution in [0, 0.1) is 0 Å². The Kier molecular flexibility index (Phi) is 6.58. The molecule has 0 fully saturated rings. The van der Waals surface area contributed by atoms with Gasteiger partial charge in [0.25, 0.3) is 11.8 Å². The summed E-state index contributed by atoms with van der Waals surface area (Å²) in [5.74, 6) is 0.0478. The third-order valence-corrected chi connectivity index (χ3v) is 4.45. The smallest absolute Gasteiger partial charge is 0.274 e. The van der Waals surface area contributed by atoms with Crippen LogP contribution in [-0.2, 0) is 13.0 Å². The summed E-state index contributed by atoms with van der Waals surface area (Å²) in [5.41, 5.74) is 3.18. The van der Waals surface area contributed by atoms with Gasteiger partial charge < -0.3 is 15.4 Å². The zero-order valence-corrected chi connectivity index (χ0v) is 16.4. The monoisotopic (exact) mass is 389 g/mol. The summed E-state index contributed by atoms with van der Waals surface area (Å²) in [4.78, 5) is 29.1. The average molecular weight is 389 g/mol. The highest BCUT2D eigenvalue weighted by Gasteiger charge is 2.12. The number of ether oxygens (including phenoxy) is 1. The van der Waals surface area contributed by atoms with E-state index in [4.69, 9.17) is 4.74 Å². The molecule has 1 heterocycles. The van der Waals surface area contributed by atoms with E-state index in [0.717, 1.165) is 17.7 Å². The van der Waals surface area contributed by atoms with Crippen molar-refractivity contribution in [3.05, 3.63) is 89.2 Å². The van der Waals surface area contributed by atoms with E-state index in [0.29, 0.717) is 12.2 Å². The van der Waals surface area contributed by atoms with Gasteiger partial charge in [0.15, 0.2) is 0 Å². The van der Waals surface area contributed by atoms with Crippen molar-refractivity contribution in [3.8, 4) is 5.75 Å². The van der Waals surface area contributed by atoms with E-state index in [-0.39, 0.29) is 23.2 Å². The van der Waals surface area contributed by atoms with Gasteiger partial charge >= 0.3 is 0 Å². The summed E-state index contributed by atoms with van der Waals surface area (Å²) in [5, 5.41) is 5.61. The first kappa shape index (κ1) is 20.1. The maximum atomic E-state index is 12.5. The minimum absolute atomic E-state index is 0.182. The highest BCUT2D eigenvalue weighted by Crippen LogP contribution is 2.13. The predicted octanol–water partition coefficient (Wildman–Crippen LogP) is 3.83. The molecule has 0 radical (unpaired) electrons. The van der Waals surface area contributed by atoms with Crippen molar-refractivity contribution >= 4 is 17.5 Å². The van der Waals surface area contributed by atoms with Crippen LogP contribution in [0.4, 0.5) is 5.69 Å². The first-order valence-corrected chi connectivity index (χ1v) is 9.37. The number of rotatable bonds is 7. The van der Waals surface area contributed by atoms with Gasteiger partial charge in [0.2, 0.25) is 0 Å². The van der Waals surface area contributed by atoms with Crippen LogP contribution in [0.2, 0.25) is 0 Å². The van der Waals surface area contributed by atoms with Crippen molar-refractivity contribution < 1.29 is 14.3 Å². The van der Waals surface area contributed by atoms with Gasteiger partial charge in [-0.15, -0.1) is 0 Å². The van der Waals surface area contributed by atoms with Gasteiger partial charge in [0.05, 0.1) is 7.11 Å². The number of nitrogens with one attached hydrogen (secondary N) is 2. The van der Waals surface area contributed by atoms with Gasteiger partial charge in [-0.2, -0.15) is 0 Å². The summed E-state index contributed by atoms with van der Waals surface area (Å²) in [6.07, 6.45) is 0.934. The Bertz CT molecular complexity index is 983. The number of benzene rings is 2. The van der Waals surface area contributed by atoms with Gasteiger partial charge in [-0.1, -0.05) is 37.3 Å². The molecule has 29 heavy (non-hydrogen) atoms. The lowest BCUT2D eigenvalue weighted by Gasteiger charge is -2.08. The Morgan fingerprint density at radius 3 is 2.10 bits per heavy atom. The van der Waals surface area contributed by atoms with Crippen molar-refractivity contribution in [3.63, 3.8) is 0 Å². The van der Waals surface area contributed by atoms with Crippen molar-refractivity contribution in [2.24, 2.45) is 0 Å². The number of aromatic nitrogens is 1. The van der Waals surface area contributed by atoms with Gasteiger partial charge in [-0.3, -0.25) is 9.59 Å². The van der Waals surface area contributed by atoms with E-state index in [1.165, 1.54) is 5.56 Å². The summed E-state index contributed by atoms with van der Waals surface area (Å²) in [7, 11) is 1.60. The van der Waals surface area contributed by atoms with E-state index >= 15 is 0 Å². The van der Waals surface area contributed by atoms with Crippen LogP contribution < -0.4 is 15.4 Å². The van der Waals surface area contributed by atoms with Crippen LogP contribution in [0.5, 0.6) is 5.75 Å². The molecule has 0 aliphatic carbocycles. The maximum absolute atomic E-state index is 12.5. The zero-order chi connectivity index (χ0) is 20.6. The molecule has 0 spiro atoms. The standard InChI is InChI=1S/C23H23N3O3/c1-3-16-7-11-18(12-8-16)25-23(28)21-6-4-5-20(26-21)22(27)24-15-17-9-13-19(29-2)14-10-17/h4-14H,3,15H2,1-2H3,(H,24,27)(H,25,28). The number of nitrogens with zero attached hydrogens (tertiary/aromatic N) is 1. The SMILES string of the molecule is CCc1ccc(NC(=O)c2cccc(C(=O)NCc3ccc(OC)cc3)n2)cc1. The molecule has 0 atom stereocenters. The minimum Gasteiger partial charge on any atom is -0.497 e. The molecule has 0 bridgehead atoms. The van der Waals surface area contributed by atoms with Crippen LogP contribution in [0.1, 0.15) is 39.0 Å². The molecule has 2 aromatic carbocycles. The number of anilines is 1. The first-order valence-electron chi connectivity index (χ1n) is 9.37. The van der Waals surface area contributed by atoms with E-state index in [2.05, 4.69) is 22.5 Å². The quantitative estimate of drug-likeness (QED) is 0.643. The Balaban J connectivity index is 1.62. The summed E-state index contributed by atoms with van der Waals surface area (Å²) in [6, 6.07) is 19.8. The zero-order valence-electron chi connectivity index (χ0n) is 16.4. The van der Waals surface area contributed by atoms with E-state index in [9.17, 15) is 9.59 Å². The second-order valence-corrected chi connectivity index (χ2v) is 6.44. The van der Waals surface area contributed by atoms with Crippen LogP contribution in [-0.4, -0.2) is 23.9 Å². The summed E-state index contributed by atoms with van der Waals surface area (Å²) in [6.45, 7) is 2.42. The largest absolute Gasteiger partial charge is 0.497 e. The Labute approximate surface area is 169 Å². The Morgan fingerprint density at radius 1 is 0.862 bits per heavy atom. The molecule has 0 aliphatic heterocycles. The van der Waals surface area contributed by atoms with E-state index in [1.807, 2.05) is 48.5 Å². The molecule has 0 aliphatic rings. The highest BCUT2D eigenvalue weighted by molar-refractivity contribution is 6.03. The number of carbonyl (C=O) groups is 2. The fourth-order valence-corrected chi connectivity index (χ4v) is 2.72. The van der Waals surface area contributed by atoms with Crippen LogP contribution >= 0.6 is 0 Å². The molecule has 1 aromatic heterocycles. The van der Waals surface area contributed by atoms with Crippen LogP contribution in [0.3, 0.4) is 0 Å². The van der Waals surface area contributed by atoms with Crippen LogP contribution in [0.25, 0.3) is 0 Å². The number of aryl methyl sites for hydroxylation is 1. The topological polar surface area (TPSA) is 80.3 Å². The number of hydrogen-bond acceptors (Lipinski definition) is 4. The molecule has 3 aromatic rings. The van der Waals surface area contributed by atoms with Gasteiger partial charge in [0.1, 0.15) is 17.1 Å². The molecule has 3 rings (SSSR count). The van der Waals surface area contributed by atoms with E-state index < -0.39 is 0 Å². The molecule has 2 amide bonds. The van der Waals surface area contributed by atoms with Crippen molar-refractivity contribution in [1.29, 1.82) is 0 Å². The van der Waals surface area contributed by atoms with Crippen LogP contribution in [0.15, 0.2) is 66.7 Å². The second kappa shape index (κ2) is 9.50. The molecule has 2 N–H and O–H groups in total. The Hall–Kier alpha value is -3.67. The number of amides is 2. The first-order chi connectivity index (χ1) is 14.1. The minimum atomic E-state index is -0.362. The summed E-state index contributed by atoms with van der Waals surface area (Å²) >= 11 is 0. The number of carbonyl (C=O) groups excluding carboxylic acids is 2. The number of hydrogen-bond donors (Lipinski definition) is 2. The normalized spacial score (nSPS) is 10.3. The van der Waals surface area contributed by atoms with Crippen molar-refractivity contribution in [2.45, 2.75) is 19.9 Å². The molecule has 0 unspecified atom stereocenters. The second-order valence-electron chi connectivity index (χ2n) is 6.44. The van der Waals surface area contributed by atoms with Crippen molar-refractivity contribution in [1.82, 2.24) is 10.3 Å². The van der Waals surface area contributed by atoms with Gasteiger partial charge in [0, 0.05) is 12.2 Å². The van der Waals surface area contributed by atoms with Gasteiger partial charge in [-0.05, 0) is 53.9 Å². The third-order valence-electron chi connectivity index (χ3n) is 4.45. The van der Waals surface area contributed by atoms with Crippen molar-refractivity contribution in [2.75, 3.05) is 12.4 Å².